The van der Waals surface area contributed by atoms with E-state index < -0.39 is 17.7 Å². The molecule has 0 spiro atoms. The minimum atomic E-state index is -0.946. The van der Waals surface area contributed by atoms with E-state index in [1.54, 1.807) is 6.20 Å². The third kappa shape index (κ3) is 5.63. The van der Waals surface area contributed by atoms with E-state index in [0.717, 1.165) is 53.9 Å². The molecule has 3 aromatic carbocycles. The first-order valence-corrected chi connectivity index (χ1v) is 14.9. The Hall–Kier alpha value is -4.18. The summed E-state index contributed by atoms with van der Waals surface area (Å²) in [6, 6.07) is 17.5. The second-order valence-corrected chi connectivity index (χ2v) is 12.7. The van der Waals surface area contributed by atoms with Gasteiger partial charge in [0.15, 0.2) is 11.9 Å². The number of rotatable bonds is 6. The maximum atomic E-state index is 13.2. The molecule has 0 N–H and O–H groups in total. The number of benzene rings is 3. The van der Waals surface area contributed by atoms with Crippen LogP contribution >= 0.6 is 22.9 Å². The molecule has 0 aliphatic carbocycles. The van der Waals surface area contributed by atoms with Crippen molar-refractivity contribution in [2.75, 3.05) is 7.11 Å². The maximum Gasteiger partial charge on any atom is 0.339 e. The lowest BCUT2D eigenvalue weighted by atomic mass is 9.91. The summed E-state index contributed by atoms with van der Waals surface area (Å²) in [6.07, 6.45) is 2.64. The number of halogens is 1. The van der Waals surface area contributed by atoms with Crippen molar-refractivity contribution in [3.8, 4) is 33.2 Å². The summed E-state index contributed by atoms with van der Waals surface area (Å²) >= 11 is 7.77. The highest BCUT2D eigenvalue weighted by atomic mass is 35.5. The third-order valence-electron chi connectivity index (χ3n) is 7.09. The first-order valence-electron chi connectivity index (χ1n) is 13.7. The third-order valence-corrected chi connectivity index (χ3v) is 8.45. The Bertz CT molecular complexity index is 1990. The number of thiazole rings is 1. The van der Waals surface area contributed by atoms with Crippen LogP contribution in [0.1, 0.15) is 38.0 Å². The van der Waals surface area contributed by atoms with Crippen LogP contribution in [0.25, 0.3) is 54.3 Å². The van der Waals surface area contributed by atoms with Crippen molar-refractivity contribution in [1.82, 2.24) is 24.7 Å². The molecule has 0 radical (unpaired) electrons. The van der Waals surface area contributed by atoms with E-state index in [-0.39, 0.29) is 0 Å². The Kier molecular flexibility index (Phi) is 7.50. The number of carbonyl (C=O) groups excluding carboxylic acids is 1. The number of aryl methyl sites for hydroxylation is 2. The minimum Gasteiger partial charge on any atom is -0.467 e. The standard InChI is InChI=1S/C33H30ClN5O3S/c1-18-15-24-29(27(19-7-10-22(34)11-8-19)26(18)28(32(40)41-6)42-33(2,3)4)43-31(38-24)23-13-14-35-30(37-23)20-9-12-25-21(16-20)17-36-39(25)5/h7-17,28H,1-6H3. The first kappa shape index (κ1) is 28.9. The molecule has 1 atom stereocenters. The Morgan fingerprint density at radius 1 is 1.02 bits per heavy atom. The molecule has 0 bridgehead atoms. The Labute approximate surface area is 258 Å². The van der Waals surface area contributed by atoms with Crippen molar-refractivity contribution in [1.29, 1.82) is 0 Å². The van der Waals surface area contributed by atoms with E-state index in [4.69, 9.17) is 31.0 Å². The van der Waals surface area contributed by atoms with E-state index in [1.165, 1.54) is 18.4 Å². The van der Waals surface area contributed by atoms with E-state index in [9.17, 15) is 4.79 Å². The quantitative estimate of drug-likeness (QED) is 0.176. The molecule has 218 valence electrons. The zero-order valence-electron chi connectivity index (χ0n) is 24.7. The average molecular weight is 612 g/mol. The van der Waals surface area contributed by atoms with Crippen LogP contribution in [-0.2, 0) is 21.3 Å². The Morgan fingerprint density at radius 3 is 2.49 bits per heavy atom. The number of fused-ring (bicyclic) bond motifs is 2. The molecule has 3 aromatic heterocycles. The number of hydrogen-bond donors (Lipinski definition) is 0. The van der Waals surface area contributed by atoms with Gasteiger partial charge >= 0.3 is 5.97 Å². The van der Waals surface area contributed by atoms with Crippen LogP contribution in [0.2, 0.25) is 5.02 Å². The van der Waals surface area contributed by atoms with Crippen molar-refractivity contribution in [3.63, 3.8) is 0 Å². The first-order chi connectivity index (χ1) is 20.5. The van der Waals surface area contributed by atoms with Crippen LogP contribution in [0.4, 0.5) is 0 Å². The van der Waals surface area contributed by atoms with Crippen LogP contribution in [0.5, 0.6) is 0 Å². The number of carbonyl (C=O) groups is 1. The van der Waals surface area contributed by atoms with Gasteiger partial charge in [-0.1, -0.05) is 23.7 Å². The number of aromatic nitrogens is 5. The molecular weight excluding hydrogens is 582 g/mol. The highest BCUT2D eigenvalue weighted by molar-refractivity contribution is 7.22. The zero-order chi connectivity index (χ0) is 30.5. The molecule has 0 saturated heterocycles. The summed E-state index contributed by atoms with van der Waals surface area (Å²) in [7, 11) is 3.29. The molecule has 0 aliphatic rings. The molecule has 0 amide bonds. The molecule has 6 rings (SSSR count). The van der Waals surface area contributed by atoms with Gasteiger partial charge in [-0.05, 0) is 81.3 Å². The summed E-state index contributed by atoms with van der Waals surface area (Å²) in [5.74, 6) is 0.130. The molecule has 0 saturated carbocycles. The van der Waals surface area contributed by atoms with Gasteiger partial charge in [-0.15, -0.1) is 11.3 Å². The van der Waals surface area contributed by atoms with Gasteiger partial charge in [0.1, 0.15) is 10.7 Å². The fraction of sp³-hybridized carbons (Fsp3) is 0.242. The van der Waals surface area contributed by atoms with Crippen molar-refractivity contribution in [3.05, 3.63) is 83.1 Å². The molecule has 0 aliphatic heterocycles. The van der Waals surface area contributed by atoms with Gasteiger partial charge in [0.25, 0.3) is 0 Å². The van der Waals surface area contributed by atoms with Crippen LogP contribution in [0.15, 0.2) is 67.0 Å². The van der Waals surface area contributed by atoms with E-state index in [0.29, 0.717) is 16.5 Å². The molecule has 6 aromatic rings. The Morgan fingerprint density at radius 2 is 1.77 bits per heavy atom. The number of nitrogens with zero attached hydrogens (tertiary/aromatic N) is 5. The fourth-order valence-electron chi connectivity index (χ4n) is 5.17. The van der Waals surface area contributed by atoms with E-state index in [2.05, 4.69) is 10.1 Å². The van der Waals surface area contributed by atoms with Gasteiger partial charge in [0, 0.05) is 40.3 Å². The van der Waals surface area contributed by atoms with Crippen molar-refractivity contribution in [2.45, 2.75) is 39.4 Å². The summed E-state index contributed by atoms with van der Waals surface area (Å²) in [4.78, 5) is 27.7. The number of hydrogen-bond acceptors (Lipinski definition) is 8. The molecule has 10 heteroatoms. The van der Waals surface area contributed by atoms with Crippen molar-refractivity contribution >= 4 is 50.0 Å². The van der Waals surface area contributed by atoms with Gasteiger partial charge in [0.2, 0.25) is 0 Å². The highest BCUT2D eigenvalue weighted by Crippen LogP contribution is 2.44. The lowest BCUT2D eigenvalue weighted by Gasteiger charge is -2.28. The molecule has 0 fully saturated rings. The number of methoxy groups -OCH3 is 1. The van der Waals surface area contributed by atoms with E-state index >= 15 is 0 Å². The average Bonchev–Trinajstić information content (AvgIpc) is 3.58. The van der Waals surface area contributed by atoms with Crippen LogP contribution in [0, 0.1) is 6.92 Å². The Balaban J connectivity index is 1.53. The van der Waals surface area contributed by atoms with Crippen LogP contribution in [-0.4, -0.2) is 43.4 Å². The van der Waals surface area contributed by atoms with Gasteiger partial charge in [-0.3, -0.25) is 4.68 Å². The van der Waals surface area contributed by atoms with Crippen molar-refractivity contribution in [2.24, 2.45) is 7.05 Å². The SMILES string of the molecule is COC(=O)C(OC(C)(C)C)c1c(C)cc2nc(-c3ccnc(-c4ccc5c(cnn5C)c4)n3)sc2c1-c1ccc(Cl)cc1. The van der Waals surface area contributed by atoms with Gasteiger partial charge in [0.05, 0.1) is 34.6 Å². The molecule has 1 unspecified atom stereocenters. The summed E-state index contributed by atoms with van der Waals surface area (Å²) in [5.41, 5.74) is 6.16. The highest BCUT2D eigenvalue weighted by Gasteiger charge is 2.33. The topological polar surface area (TPSA) is 92.0 Å². The van der Waals surface area contributed by atoms with E-state index in [1.807, 2.05) is 100 Å². The minimum absolute atomic E-state index is 0.469. The lowest BCUT2D eigenvalue weighted by Crippen LogP contribution is -2.29. The molecule has 8 nitrogen and oxygen atoms in total. The van der Waals surface area contributed by atoms with Crippen LogP contribution in [0.3, 0.4) is 0 Å². The van der Waals surface area contributed by atoms with Crippen LogP contribution < -0.4 is 0 Å². The summed E-state index contributed by atoms with van der Waals surface area (Å²) < 4.78 is 14.3. The smallest absolute Gasteiger partial charge is 0.339 e. The number of esters is 1. The summed E-state index contributed by atoms with van der Waals surface area (Å²) in [6.45, 7) is 7.72. The predicted octanol–water partition coefficient (Wildman–Crippen LogP) is 7.97. The molecular formula is C33H30ClN5O3S. The fourth-order valence-corrected chi connectivity index (χ4v) is 6.39. The van der Waals surface area contributed by atoms with Crippen molar-refractivity contribution < 1.29 is 14.3 Å². The molecule has 43 heavy (non-hydrogen) atoms. The second kappa shape index (κ2) is 11.1. The van der Waals surface area contributed by atoms with Gasteiger partial charge in [-0.25, -0.2) is 19.7 Å². The monoisotopic (exact) mass is 611 g/mol. The maximum absolute atomic E-state index is 13.2. The largest absolute Gasteiger partial charge is 0.467 e. The van der Waals surface area contributed by atoms with Gasteiger partial charge < -0.3 is 9.47 Å². The molecule has 3 heterocycles. The zero-order valence-corrected chi connectivity index (χ0v) is 26.2. The second-order valence-electron chi connectivity index (χ2n) is 11.3. The van der Waals surface area contributed by atoms with Gasteiger partial charge in [-0.2, -0.15) is 5.10 Å². The predicted molar refractivity (Wildman–Crippen MR) is 171 cm³/mol. The lowest BCUT2D eigenvalue weighted by molar-refractivity contribution is -0.164. The normalized spacial score (nSPS) is 12.6. The summed E-state index contributed by atoms with van der Waals surface area (Å²) in [5, 5.41) is 6.71. The number of ether oxygens (including phenoxy) is 2.